The van der Waals surface area contributed by atoms with Crippen LogP contribution < -0.4 is 4.74 Å². The predicted molar refractivity (Wildman–Crippen MR) is 68.1 cm³/mol. The van der Waals surface area contributed by atoms with Crippen molar-refractivity contribution in [3.8, 4) is 5.75 Å². The second-order valence-corrected chi connectivity index (χ2v) is 4.15. The molecule has 0 amide bonds. The van der Waals surface area contributed by atoms with Crippen molar-refractivity contribution in [2.75, 3.05) is 0 Å². The molecule has 0 aliphatic rings. The minimum atomic E-state index is 0.569. The van der Waals surface area contributed by atoms with Crippen LogP contribution >= 0.6 is 0 Å². The third-order valence-electron chi connectivity index (χ3n) is 2.75. The van der Waals surface area contributed by atoms with Crippen LogP contribution in [0.4, 0.5) is 0 Å². The van der Waals surface area contributed by atoms with E-state index in [1.54, 1.807) is 0 Å². The van der Waals surface area contributed by atoms with Crippen molar-refractivity contribution in [1.82, 2.24) is 9.78 Å². The fourth-order valence-electron chi connectivity index (χ4n) is 1.86. The largest absolute Gasteiger partial charge is 0.487 e. The average molecular weight is 230 g/mol. The summed E-state index contributed by atoms with van der Waals surface area (Å²) in [4.78, 5) is 0. The van der Waals surface area contributed by atoms with Crippen molar-refractivity contribution in [3.05, 3.63) is 47.3 Å². The molecular formula is C14H18N2O. The SMILES string of the molecule is CCn1nc(C)cc1COc1ccccc1C. The molecule has 0 aliphatic heterocycles. The fraction of sp³-hybridized carbons (Fsp3) is 0.357. The van der Waals surface area contributed by atoms with Crippen LogP contribution in [-0.2, 0) is 13.2 Å². The van der Waals surface area contributed by atoms with E-state index in [-0.39, 0.29) is 0 Å². The van der Waals surface area contributed by atoms with Crippen LogP contribution in [0, 0.1) is 13.8 Å². The number of aromatic nitrogens is 2. The lowest BCUT2D eigenvalue weighted by Gasteiger charge is -2.09. The van der Waals surface area contributed by atoms with Crippen LogP contribution in [0.3, 0.4) is 0 Å². The molecule has 17 heavy (non-hydrogen) atoms. The summed E-state index contributed by atoms with van der Waals surface area (Å²) in [5.74, 6) is 0.939. The Labute approximate surface area is 102 Å². The van der Waals surface area contributed by atoms with Gasteiger partial charge >= 0.3 is 0 Å². The van der Waals surface area contributed by atoms with Gasteiger partial charge in [-0.3, -0.25) is 4.68 Å². The molecule has 0 atom stereocenters. The molecule has 0 spiro atoms. The van der Waals surface area contributed by atoms with Gasteiger partial charge in [0.1, 0.15) is 12.4 Å². The van der Waals surface area contributed by atoms with Crippen molar-refractivity contribution in [1.29, 1.82) is 0 Å². The Morgan fingerprint density at radius 3 is 2.71 bits per heavy atom. The van der Waals surface area contributed by atoms with E-state index in [4.69, 9.17) is 4.74 Å². The molecule has 0 saturated heterocycles. The number of hydrogen-bond acceptors (Lipinski definition) is 2. The molecule has 1 aromatic carbocycles. The lowest BCUT2D eigenvalue weighted by molar-refractivity contribution is 0.290. The van der Waals surface area contributed by atoms with Gasteiger partial charge in [0, 0.05) is 6.54 Å². The van der Waals surface area contributed by atoms with E-state index in [1.807, 2.05) is 29.8 Å². The zero-order valence-electron chi connectivity index (χ0n) is 10.6. The van der Waals surface area contributed by atoms with Gasteiger partial charge in [0.15, 0.2) is 0 Å². The average Bonchev–Trinajstić information content (AvgIpc) is 2.69. The summed E-state index contributed by atoms with van der Waals surface area (Å²) in [7, 11) is 0. The standard InChI is InChI=1S/C14H18N2O/c1-4-16-13(9-12(3)15-16)10-17-14-8-6-5-7-11(14)2/h5-9H,4,10H2,1-3H3. The smallest absolute Gasteiger partial charge is 0.130 e. The Kier molecular flexibility index (Phi) is 3.47. The molecule has 0 bridgehead atoms. The molecular weight excluding hydrogens is 212 g/mol. The molecule has 2 rings (SSSR count). The van der Waals surface area contributed by atoms with Crippen molar-refractivity contribution < 1.29 is 4.74 Å². The molecule has 90 valence electrons. The fourth-order valence-corrected chi connectivity index (χ4v) is 1.86. The Bertz CT molecular complexity index is 503. The number of nitrogens with zero attached hydrogens (tertiary/aromatic N) is 2. The molecule has 0 N–H and O–H groups in total. The quantitative estimate of drug-likeness (QED) is 0.807. The van der Waals surface area contributed by atoms with Crippen LogP contribution in [0.25, 0.3) is 0 Å². The van der Waals surface area contributed by atoms with Gasteiger partial charge in [-0.2, -0.15) is 5.10 Å². The predicted octanol–water partition coefficient (Wildman–Crippen LogP) is 3.10. The van der Waals surface area contributed by atoms with E-state index in [0.29, 0.717) is 6.61 Å². The van der Waals surface area contributed by atoms with Crippen LogP contribution in [0.5, 0.6) is 5.75 Å². The second kappa shape index (κ2) is 5.04. The first-order chi connectivity index (χ1) is 8.20. The normalized spacial score (nSPS) is 10.5. The summed E-state index contributed by atoms with van der Waals surface area (Å²) in [5.41, 5.74) is 3.32. The van der Waals surface area contributed by atoms with Crippen molar-refractivity contribution >= 4 is 0 Å². The lowest BCUT2D eigenvalue weighted by Crippen LogP contribution is -2.06. The molecule has 3 nitrogen and oxygen atoms in total. The van der Waals surface area contributed by atoms with Gasteiger partial charge in [-0.05, 0) is 38.5 Å². The number of rotatable bonds is 4. The molecule has 1 heterocycles. The van der Waals surface area contributed by atoms with E-state index in [1.165, 1.54) is 0 Å². The summed E-state index contributed by atoms with van der Waals surface area (Å²) in [6.45, 7) is 7.59. The van der Waals surface area contributed by atoms with E-state index in [9.17, 15) is 0 Å². The van der Waals surface area contributed by atoms with Gasteiger partial charge in [-0.15, -0.1) is 0 Å². The highest BCUT2D eigenvalue weighted by Crippen LogP contribution is 2.18. The first kappa shape index (κ1) is 11.7. The maximum absolute atomic E-state index is 5.82. The van der Waals surface area contributed by atoms with Crippen LogP contribution in [-0.4, -0.2) is 9.78 Å². The number of hydrogen-bond donors (Lipinski definition) is 0. The van der Waals surface area contributed by atoms with Crippen molar-refractivity contribution in [2.24, 2.45) is 0 Å². The zero-order chi connectivity index (χ0) is 12.3. The summed E-state index contributed by atoms with van der Waals surface area (Å²) in [6.07, 6.45) is 0. The Hall–Kier alpha value is -1.77. The van der Waals surface area contributed by atoms with E-state index >= 15 is 0 Å². The maximum Gasteiger partial charge on any atom is 0.130 e. The molecule has 0 unspecified atom stereocenters. The minimum Gasteiger partial charge on any atom is -0.487 e. The third-order valence-corrected chi connectivity index (χ3v) is 2.75. The third kappa shape index (κ3) is 2.67. The first-order valence-corrected chi connectivity index (χ1v) is 5.92. The maximum atomic E-state index is 5.82. The van der Waals surface area contributed by atoms with Gasteiger partial charge in [0.05, 0.1) is 11.4 Å². The summed E-state index contributed by atoms with van der Waals surface area (Å²) in [5, 5.41) is 4.40. The van der Waals surface area contributed by atoms with Crippen LogP contribution in [0.1, 0.15) is 23.9 Å². The number of para-hydroxylation sites is 1. The molecule has 0 saturated carbocycles. The zero-order valence-corrected chi connectivity index (χ0v) is 10.6. The van der Waals surface area contributed by atoms with Gasteiger partial charge in [-0.1, -0.05) is 18.2 Å². The monoisotopic (exact) mass is 230 g/mol. The van der Waals surface area contributed by atoms with Gasteiger partial charge in [0.2, 0.25) is 0 Å². The van der Waals surface area contributed by atoms with E-state index in [2.05, 4.69) is 31.1 Å². The number of ether oxygens (including phenoxy) is 1. The summed E-state index contributed by atoms with van der Waals surface area (Å²) in [6, 6.07) is 10.1. The molecule has 0 aliphatic carbocycles. The van der Waals surface area contributed by atoms with Gasteiger partial charge in [-0.25, -0.2) is 0 Å². The van der Waals surface area contributed by atoms with Gasteiger partial charge < -0.3 is 4.74 Å². The Morgan fingerprint density at radius 2 is 2.00 bits per heavy atom. The van der Waals surface area contributed by atoms with Crippen LogP contribution in [0.2, 0.25) is 0 Å². The van der Waals surface area contributed by atoms with E-state index < -0.39 is 0 Å². The van der Waals surface area contributed by atoms with Crippen LogP contribution in [0.15, 0.2) is 30.3 Å². The summed E-state index contributed by atoms with van der Waals surface area (Å²) >= 11 is 0. The first-order valence-electron chi connectivity index (χ1n) is 5.92. The molecule has 0 radical (unpaired) electrons. The lowest BCUT2D eigenvalue weighted by atomic mass is 10.2. The highest BCUT2D eigenvalue weighted by molar-refractivity contribution is 5.31. The molecule has 3 heteroatoms. The Morgan fingerprint density at radius 1 is 1.24 bits per heavy atom. The van der Waals surface area contributed by atoms with Crippen molar-refractivity contribution in [2.45, 2.75) is 33.9 Å². The number of benzene rings is 1. The number of aryl methyl sites for hydroxylation is 3. The molecule has 2 aromatic rings. The van der Waals surface area contributed by atoms with E-state index in [0.717, 1.165) is 29.2 Å². The van der Waals surface area contributed by atoms with Crippen molar-refractivity contribution in [3.63, 3.8) is 0 Å². The Balaban J connectivity index is 2.09. The topological polar surface area (TPSA) is 27.1 Å². The molecule has 1 aromatic heterocycles. The highest BCUT2D eigenvalue weighted by atomic mass is 16.5. The minimum absolute atomic E-state index is 0.569. The molecule has 0 fully saturated rings. The summed E-state index contributed by atoms with van der Waals surface area (Å²) < 4.78 is 7.80. The highest BCUT2D eigenvalue weighted by Gasteiger charge is 2.05. The second-order valence-electron chi connectivity index (χ2n) is 4.15. The van der Waals surface area contributed by atoms with Gasteiger partial charge in [0.25, 0.3) is 0 Å².